The third kappa shape index (κ3) is 5.81. The van der Waals surface area contributed by atoms with Gasteiger partial charge in [-0.05, 0) is 17.0 Å². The van der Waals surface area contributed by atoms with Gasteiger partial charge in [-0.15, -0.1) is 36.2 Å². The molecule has 3 heterocycles. The van der Waals surface area contributed by atoms with E-state index in [1.807, 2.05) is 40.4 Å². The highest BCUT2D eigenvalue weighted by atomic mass is 35.5. The lowest BCUT2D eigenvalue weighted by Gasteiger charge is -2.16. The summed E-state index contributed by atoms with van der Waals surface area (Å²) in [7, 11) is 0. The molecule has 0 bridgehead atoms. The van der Waals surface area contributed by atoms with Crippen LogP contribution in [0, 0.1) is 0 Å². The van der Waals surface area contributed by atoms with Gasteiger partial charge in [0.25, 0.3) is 0 Å². The molecule has 1 aromatic carbocycles. The van der Waals surface area contributed by atoms with Gasteiger partial charge in [-0.2, -0.15) is 5.10 Å². The Balaban J connectivity index is 0.00000150. The van der Waals surface area contributed by atoms with Crippen LogP contribution in [0.3, 0.4) is 0 Å². The van der Waals surface area contributed by atoms with Gasteiger partial charge in [0.05, 0.1) is 19.3 Å². The van der Waals surface area contributed by atoms with Crippen LogP contribution in [0.1, 0.15) is 16.4 Å². The molecule has 3 N–H and O–H groups in total. The van der Waals surface area contributed by atoms with E-state index in [1.165, 1.54) is 10.4 Å². The van der Waals surface area contributed by atoms with Crippen LogP contribution in [0.4, 0.5) is 5.82 Å². The number of nitrogens with one attached hydrogen (secondary N) is 1. The molecule has 2 aromatic heterocycles. The smallest absolute Gasteiger partial charge is 0.239 e. The molecule has 156 valence electrons. The minimum Gasteiger partial charge on any atom is -0.326 e. The summed E-state index contributed by atoms with van der Waals surface area (Å²) in [4.78, 5) is 15.9. The predicted molar refractivity (Wildman–Crippen MR) is 122 cm³/mol. The molecule has 4 rings (SSSR count). The van der Waals surface area contributed by atoms with Crippen LogP contribution in [-0.4, -0.2) is 46.3 Å². The van der Waals surface area contributed by atoms with E-state index in [2.05, 4.69) is 33.5 Å². The average Bonchev–Trinajstić information content (AvgIpc) is 3.39. The molecule has 1 amide bonds. The van der Waals surface area contributed by atoms with E-state index in [9.17, 15) is 4.79 Å². The van der Waals surface area contributed by atoms with E-state index in [0.29, 0.717) is 13.1 Å². The summed E-state index contributed by atoms with van der Waals surface area (Å²) >= 11 is 1.68. The van der Waals surface area contributed by atoms with Crippen molar-refractivity contribution in [2.75, 3.05) is 25.0 Å². The van der Waals surface area contributed by atoms with Crippen molar-refractivity contribution in [1.29, 1.82) is 0 Å². The SMILES string of the molecule is Cl.Cl.N[C@@H]1CN(CC(=O)Nc2ccnn2Cc2cccs2)C[C@H]1c1ccccc1. The normalized spacial score (nSPS) is 18.7. The van der Waals surface area contributed by atoms with Crippen LogP contribution >= 0.6 is 36.2 Å². The first kappa shape index (κ1) is 23.4. The van der Waals surface area contributed by atoms with Gasteiger partial charge < -0.3 is 11.1 Å². The number of aromatic nitrogens is 2. The second-order valence-corrected chi connectivity index (χ2v) is 7.91. The quantitative estimate of drug-likeness (QED) is 0.600. The van der Waals surface area contributed by atoms with Crippen LogP contribution in [0.5, 0.6) is 0 Å². The third-order valence-electron chi connectivity index (χ3n) is 4.91. The Bertz CT molecular complexity index is 887. The fraction of sp³-hybridized carbons (Fsp3) is 0.300. The molecular formula is C20H25Cl2N5OS. The first-order valence-corrected chi connectivity index (χ1v) is 9.94. The van der Waals surface area contributed by atoms with Crippen LogP contribution in [-0.2, 0) is 11.3 Å². The predicted octanol–water partition coefficient (Wildman–Crippen LogP) is 3.20. The minimum atomic E-state index is -0.0381. The maximum absolute atomic E-state index is 12.5. The Labute approximate surface area is 186 Å². The van der Waals surface area contributed by atoms with Crippen molar-refractivity contribution in [1.82, 2.24) is 14.7 Å². The Morgan fingerprint density at radius 3 is 2.66 bits per heavy atom. The number of likely N-dealkylation sites (tertiary alicyclic amines) is 1. The van der Waals surface area contributed by atoms with Gasteiger partial charge >= 0.3 is 0 Å². The van der Waals surface area contributed by atoms with Crippen molar-refractivity contribution in [3.05, 3.63) is 70.5 Å². The Kier molecular flexibility index (Phi) is 8.67. The van der Waals surface area contributed by atoms with Crippen LogP contribution < -0.4 is 11.1 Å². The highest BCUT2D eigenvalue weighted by Gasteiger charge is 2.32. The monoisotopic (exact) mass is 453 g/mol. The maximum atomic E-state index is 12.5. The summed E-state index contributed by atoms with van der Waals surface area (Å²) in [6.45, 7) is 2.51. The molecule has 0 unspecified atom stereocenters. The van der Waals surface area contributed by atoms with Gasteiger partial charge in [0.1, 0.15) is 5.82 Å². The summed E-state index contributed by atoms with van der Waals surface area (Å²) in [6.07, 6.45) is 1.71. The number of rotatable bonds is 6. The Morgan fingerprint density at radius 2 is 1.93 bits per heavy atom. The van der Waals surface area contributed by atoms with Crippen LogP contribution in [0.2, 0.25) is 0 Å². The second kappa shape index (κ2) is 10.8. The number of amides is 1. The lowest BCUT2D eigenvalue weighted by molar-refractivity contribution is -0.117. The number of hydrogen-bond acceptors (Lipinski definition) is 5. The molecule has 6 nitrogen and oxygen atoms in total. The summed E-state index contributed by atoms with van der Waals surface area (Å²) in [5.41, 5.74) is 7.56. The fourth-order valence-corrected chi connectivity index (χ4v) is 4.28. The van der Waals surface area contributed by atoms with E-state index >= 15 is 0 Å². The number of hydrogen-bond donors (Lipinski definition) is 2. The van der Waals surface area contributed by atoms with E-state index in [0.717, 1.165) is 18.9 Å². The molecule has 1 aliphatic heterocycles. The van der Waals surface area contributed by atoms with Gasteiger partial charge in [0.15, 0.2) is 0 Å². The van der Waals surface area contributed by atoms with Gasteiger partial charge in [0, 0.05) is 36.0 Å². The molecule has 3 aromatic rings. The zero-order valence-electron chi connectivity index (χ0n) is 15.8. The molecule has 9 heteroatoms. The Hall–Kier alpha value is -1.90. The standard InChI is InChI=1S/C20H23N5OS.2ClH/c21-18-13-24(12-17(18)15-5-2-1-3-6-15)14-20(26)23-19-8-9-22-25(19)11-16-7-4-10-27-16;;/h1-10,17-18H,11-14,21H2,(H,23,26);2*1H/t17-,18+;;/m0../s1. The van der Waals surface area contributed by atoms with Gasteiger partial charge in [-0.3, -0.25) is 9.69 Å². The van der Waals surface area contributed by atoms with Gasteiger partial charge in [-0.25, -0.2) is 4.68 Å². The fourth-order valence-electron chi connectivity index (χ4n) is 3.60. The first-order chi connectivity index (χ1) is 13.2. The van der Waals surface area contributed by atoms with Crippen molar-refractivity contribution in [2.45, 2.75) is 18.5 Å². The van der Waals surface area contributed by atoms with Gasteiger partial charge in [-0.1, -0.05) is 36.4 Å². The van der Waals surface area contributed by atoms with E-state index in [1.54, 1.807) is 17.5 Å². The zero-order chi connectivity index (χ0) is 18.6. The molecular weight excluding hydrogens is 429 g/mol. The summed E-state index contributed by atoms with van der Waals surface area (Å²) < 4.78 is 1.81. The second-order valence-electron chi connectivity index (χ2n) is 6.88. The van der Waals surface area contributed by atoms with E-state index < -0.39 is 0 Å². The lowest BCUT2D eigenvalue weighted by atomic mass is 9.95. The molecule has 1 aliphatic rings. The van der Waals surface area contributed by atoms with Crippen molar-refractivity contribution in [2.24, 2.45) is 5.73 Å². The van der Waals surface area contributed by atoms with Crippen LogP contribution in [0.15, 0.2) is 60.1 Å². The lowest BCUT2D eigenvalue weighted by Crippen LogP contribution is -2.34. The third-order valence-corrected chi connectivity index (χ3v) is 5.77. The number of benzene rings is 1. The summed E-state index contributed by atoms with van der Waals surface area (Å²) in [5, 5.41) is 9.34. The van der Waals surface area contributed by atoms with Crippen molar-refractivity contribution >= 4 is 47.9 Å². The number of carbonyl (C=O) groups excluding carboxylic acids is 1. The molecule has 29 heavy (non-hydrogen) atoms. The molecule has 0 saturated carbocycles. The zero-order valence-corrected chi connectivity index (χ0v) is 18.3. The van der Waals surface area contributed by atoms with Crippen molar-refractivity contribution < 1.29 is 4.79 Å². The highest BCUT2D eigenvalue weighted by molar-refractivity contribution is 7.09. The van der Waals surface area contributed by atoms with E-state index in [4.69, 9.17) is 5.73 Å². The molecule has 2 atom stereocenters. The highest BCUT2D eigenvalue weighted by Crippen LogP contribution is 2.26. The minimum absolute atomic E-state index is 0. The average molecular weight is 454 g/mol. The maximum Gasteiger partial charge on any atom is 0.239 e. The molecule has 0 spiro atoms. The van der Waals surface area contributed by atoms with Crippen LogP contribution in [0.25, 0.3) is 0 Å². The topological polar surface area (TPSA) is 76.2 Å². The molecule has 1 saturated heterocycles. The molecule has 1 fully saturated rings. The Morgan fingerprint density at radius 1 is 1.14 bits per heavy atom. The van der Waals surface area contributed by atoms with E-state index in [-0.39, 0.29) is 42.7 Å². The van der Waals surface area contributed by atoms with Gasteiger partial charge in [0.2, 0.25) is 5.91 Å². The summed E-state index contributed by atoms with van der Waals surface area (Å²) in [5.74, 6) is 0.948. The number of anilines is 1. The number of halogens is 2. The first-order valence-electron chi connectivity index (χ1n) is 9.06. The molecule has 0 aliphatic carbocycles. The summed E-state index contributed by atoms with van der Waals surface area (Å²) in [6, 6.07) is 16.2. The van der Waals surface area contributed by atoms with Crippen molar-refractivity contribution in [3.8, 4) is 0 Å². The number of carbonyl (C=O) groups is 1. The number of nitrogens with two attached hydrogens (primary N) is 1. The number of nitrogens with zero attached hydrogens (tertiary/aromatic N) is 3. The number of thiophene rings is 1. The largest absolute Gasteiger partial charge is 0.326 e. The van der Waals surface area contributed by atoms with Crippen molar-refractivity contribution in [3.63, 3.8) is 0 Å². The molecule has 0 radical (unpaired) electrons.